The van der Waals surface area contributed by atoms with Gasteiger partial charge in [-0.25, -0.2) is 9.13 Å². The molecule has 0 fully saturated rings. The van der Waals surface area contributed by atoms with Crippen molar-refractivity contribution in [3.8, 4) is 0 Å². The third-order valence-electron chi connectivity index (χ3n) is 16.4. The second kappa shape index (κ2) is 57.0. The van der Waals surface area contributed by atoms with E-state index < -0.39 is 97.5 Å². The maximum absolute atomic E-state index is 13.0. The van der Waals surface area contributed by atoms with Crippen molar-refractivity contribution in [2.24, 2.45) is 23.7 Å². The van der Waals surface area contributed by atoms with Crippen LogP contribution in [0.15, 0.2) is 0 Å². The van der Waals surface area contributed by atoms with E-state index in [-0.39, 0.29) is 25.7 Å². The summed E-state index contributed by atoms with van der Waals surface area (Å²) in [7, 11) is -9.90. The molecule has 0 spiro atoms. The maximum atomic E-state index is 13.0. The van der Waals surface area contributed by atoms with Crippen molar-refractivity contribution in [2.75, 3.05) is 39.6 Å². The van der Waals surface area contributed by atoms with E-state index in [4.69, 9.17) is 37.0 Å². The molecule has 3 N–H and O–H groups in total. The molecule has 0 saturated carbocycles. The van der Waals surface area contributed by atoms with Gasteiger partial charge in [-0.05, 0) is 49.4 Å². The average molecular weight is 1270 g/mol. The minimum Gasteiger partial charge on any atom is -0.462 e. The normalized spacial score (nSPS) is 15.3. The van der Waals surface area contributed by atoms with Crippen LogP contribution in [0.25, 0.3) is 0 Å². The Morgan fingerprint density at radius 2 is 0.558 bits per heavy atom. The van der Waals surface area contributed by atoms with E-state index in [0.29, 0.717) is 25.7 Å². The average Bonchev–Trinajstić information content (AvgIpc) is 3.68. The van der Waals surface area contributed by atoms with E-state index >= 15 is 0 Å². The molecule has 0 radical (unpaired) electrons. The second-order valence-corrected chi connectivity index (χ2v) is 28.3. The van der Waals surface area contributed by atoms with Crippen molar-refractivity contribution < 1.29 is 80.2 Å². The zero-order valence-electron chi connectivity index (χ0n) is 55.9. The first kappa shape index (κ1) is 84.1. The molecule has 0 aromatic carbocycles. The van der Waals surface area contributed by atoms with Crippen LogP contribution in [0.1, 0.15) is 325 Å². The number of hydrogen-bond donors (Lipinski definition) is 3. The zero-order chi connectivity index (χ0) is 63.9. The lowest BCUT2D eigenvalue weighted by atomic mass is 9.99. The molecule has 19 heteroatoms. The molecule has 0 aliphatic rings. The molecule has 86 heavy (non-hydrogen) atoms. The fourth-order valence-electron chi connectivity index (χ4n) is 9.86. The highest BCUT2D eigenvalue weighted by atomic mass is 31.2. The summed E-state index contributed by atoms with van der Waals surface area (Å²) in [5.41, 5.74) is 0. The van der Waals surface area contributed by atoms with E-state index in [1.165, 1.54) is 122 Å². The Morgan fingerprint density at radius 1 is 0.326 bits per heavy atom. The van der Waals surface area contributed by atoms with Crippen LogP contribution in [0.2, 0.25) is 0 Å². The van der Waals surface area contributed by atoms with E-state index in [0.717, 1.165) is 120 Å². The number of aliphatic hydroxyl groups excluding tert-OH is 1. The molecule has 17 nitrogen and oxygen atoms in total. The topological polar surface area (TPSA) is 237 Å². The predicted molar refractivity (Wildman–Crippen MR) is 344 cm³/mol. The molecule has 0 saturated heterocycles. The van der Waals surface area contributed by atoms with E-state index in [1.807, 2.05) is 0 Å². The number of esters is 4. The first-order valence-electron chi connectivity index (χ1n) is 34.8. The van der Waals surface area contributed by atoms with Crippen molar-refractivity contribution in [2.45, 2.75) is 343 Å². The monoisotopic (exact) mass is 1270 g/mol. The number of rotatable bonds is 64. The van der Waals surface area contributed by atoms with E-state index in [2.05, 4.69) is 55.4 Å². The van der Waals surface area contributed by atoms with E-state index in [9.17, 15) is 43.2 Å². The highest BCUT2D eigenvalue weighted by Crippen LogP contribution is 2.45. The Bertz CT molecular complexity index is 1720. The molecule has 5 unspecified atom stereocenters. The molecule has 0 aromatic rings. The van der Waals surface area contributed by atoms with Gasteiger partial charge in [-0.3, -0.25) is 37.3 Å². The quantitative estimate of drug-likeness (QED) is 0.0222. The molecular formula is C67H130O17P2. The summed E-state index contributed by atoms with van der Waals surface area (Å²) < 4.78 is 68.1. The SMILES string of the molecule is CCC(C)CCCCCCCCCCC(=O)O[C@H](COC(=O)CCCCCCCCC(C)CC)COP(=O)(O)OC[C@H](O)COP(=O)(O)OC[C@@H](COC(=O)CCCCCCCCCCCCCC(C)C)OC(=O)CCCCCCCCC(C)CC. The Labute approximate surface area is 524 Å². The van der Waals surface area contributed by atoms with Gasteiger partial charge in [-0.1, -0.05) is 274 Å². The van der Waals surface area contributed by atoms with Crippen LogP contribution in [0.5, 0.6) is 0 Å². The first-order valence-corrected chi connectivity index (χ1v) is 37.8. The summed E-state index contributed by atoms with van der Waals surface area (Å²) in [6.45, 7) is 14.0. The van der Waals surface area contributed by atoms with Gasteiger partial charge in [0.2, 0.25) is 0 Å². The number of hydrogen-bond acceptors (Lipinski definition) is 15. The first-order chi connectivity index (χ1) is 41.2. The number of carbonyl (C=O) groups excluding carboxylic acids is 4. The van der Waals surface area contributed by atoms with Crippen LogP contribution >= 0.6 is 15.6 Å². The summed E-state index contributed by atoms with van der Waals surface area (Å²) in [6.07, 6.45) is 37.6. The predicted octanol–water partition coefficient (Wildman–Crippen LogP) is 18.5. The number of phosphoric acid groups is 2. The lowest BCUT2D eigenvalue weighted by Crippen LogP contribution is -2.30. The van der Waals surface area contributed by atoms with Gasteiger partial charge in [0.05, 0.1) is 26.4 Å². The van der Waals surface area contributed by atoms with Crippen molar-refractivity contribution in [3.63, 3.8) is 0 Å². The Balaban J connectivity index is 5.26. The Hall–Kier alpha value is -1.94. The van der Waals surface area contributed by atoms with Crippen LogP contribution in [-0.2, 0) is 65.4 Å². The second-order valence-electron chi connectivity index (χ2n) is 25.4. The number of unbranched alkanes of at least 4 members (excludes halogenated alkanes) is 27. The molecule has 0 aromatic heterocycles. The van der Waals surface area contributed by atoms with Crippen molar-refractivity contribution in [3.05, 3.63) is 0 Å². The standard InChI is InChI=1S/C67H130O17P2/c1-9-58(6)44-36-28-20-17-18-22-33-41-49-66(71)83-62(54-78-65(70)48-40-32-25-23-29-37-45-59(7)10-2)55-81-85(73,74)79-51-61(68)52-80-86(75,76)82-56-63(84-67(72)50-42-34-26-24-30-38-46-60(8)11-3)53-77-64(69)47-39-31-21-16-14-12-13-15-19-27-35-43-57(4)5/h57-63,68H,9-56H2,1-8H3,(H,73,74)(H,75,76)/t58?,59?,60?,61-,62+,63+/m0/s1. The highest BCUT2D eigenvalue weighted by molar-refractivity contribution is 7.47. The lowest BCUT2D eigenvalue weighted by Gasteiger charge is -2.21. The summed E-state index contributed by atoms with van der Waals surface area (Å²) in [6, 6.07) is 0. The summed E-state index contributed by atoms with van der Waals surface area (Å²) in [5.74, 6) is 0.853. The fraction of sp³-hybridized carbons (Fsp3) is 0.940. The van der Waals surface area contributed by atoms with Crippen molar-refractivity contribution in [1.29, 1.82) is 0 Å². The zero-order valence-corrected chi connectivity index (χ0v) is 57.7. The van der Waals surface area contributed by atoms with Crippen LogP contribution < -0.4 is 0 Å². The Morgan fingerprint density at radius 3 is 0.826 bits per heavy atom. The Kier molecular flexibility index (Phi) is 55.7. The number of carbonyl (C=O) groups is 4. The smallest absolute Gasteiger partial charge is 0.462 e. The van der Waals surface area contributed by atoms with Gasteiger partial charge in [0.1, 0.15) is 19.3 Å². The molecule has 8 atom stereocenters. The van der Waals surface area contributed by atoms with Gasteiger partial charge >= 0.3 is 39.5 Å². The minimum absolute atomic E-state index is 0.102. The van der Waals surface area contributed by atoms with Gasteiger partial charge < -0.3 is 33.8 Å². The molecule has 0 aliphatic heterocycles. The number of aliphatic hydroxyl groups is 1. The number of phosphoric ester groups is 2. The van der Waals surface area contributed by atoms with Crippen LogP contribution in [0, 0.1) is 23.7 Å². The lowest BCUT2D eigenvalue weighted by molar-refractivity contribution is -0.161. The van der Waals surface area contributed by atoms with Gasteiger partial charge in [-0.15, -0.1) is 0 Å². The maximum Gasteiger partial charge on any atom is 0.472 e. The molecule has 0 amide bonds. The van der Waals surface area contributed by atoms with Gasteiger partial charge in [-0.2, -0.15) is 0 Å². The van der Waals surface area contributed by atoms with Gasteiger partial charge in [0.25, 0.3) is 0 Å². The summed E-state index contributed by atoms with van der Waals surface area (Å²) >= 11 is 0. The van der Waals surface area contributed by atoms with Crippen molar-refractivity contribution in [1.82, 2.24) is 0 Å². The minimum atomic E-state index is -4.95. The largest absolute Gasteiger partial charge is 0.472 e. The van der Waals surface area contributed by atoms with E-state index in [1.54, 1.807) is 0 Å². The molecule has 0 rings (SSSR count). The van der Waals surface area contributed by atoms with Gasteiger partial charge in [0, 0.05) is 25.7 Å². The molecular weight excluding hydrogens is 1140 g/mol. The summed E-state index contributed by atoms with van der Waals surface area (Å²) in [4.78, 5) is 72.4. The molecule has 0 bridgehead atoms. The highest BCUT2D eigenvalue weighted by Gasteiger charge is 2.30. The third kappa shape index (κ3) is 57.2. The fourth-order valence-corrected chi connectivity index (χ4v) is 11.4. The van der Waals surface area contributed by atoms with Crippen molar-refractivity contribution >= 4 is 39.5 Å². The van der Waals surface area contributed by atoms with Crippen LogP contribution in [0.4, 0.5) is 0 Å². The molecule has 0 aliphatic carbocycles. The molecule has 510 valence electrons. The molecule has 0 heterocycles. The van der Waals surface area contributed by atoms with Gasteiger partial charge in [0.15, 0.2) is 12.2 Å². The summed E-state index contributed by atoms with van der Waals surface area (Å²) in [5, 5.41) is 10.6. The van der Waals surface area contributed by atoms with Crippen LogP contribution in [0.3, 0.4) is 0 Å². The number of ether oxygens (including phenoxy) is 4. The van der Waals surface area contributed by atoms with Crippen LogP contribution in [-0.4, -0.2) is 96.7 Å². The third-order valence-corrected chi connectivity index (χ3v) is 18.3.